The molecule has 2 aromatic rings. The van der Waals surface area contributed by atoms with Gasteiger partial charge in [-0.15, -0.1) is 0 Å². The molecule has 1 aliphatic rings. The Kier molecular flexibility index (Phi) is 1.96. The average molecular weight is 226 g/mol. The maximum absolute atomic E-state index is 10.0. The first-order valence-corrected chi connectivity index (χ1v) is 5.70. The van der Waals surface area contributed by atoms with Crippen LogP contribution < -0.4 is 4.74 Å². The molecular formula is C15H14O2. The summed E-state index contributed by atoms with van der Waals surface area (Å²) in [5.74, 6) is 2.01. The van der Waals surface area contributed by atoms with Gasteiger partial charge < -0.3 is 9.84 Å². The van der Waals surface area contributed by atoms with Gasteiger partial charge in [-0.25, -0.2) is 0 Å². The van der Waals surface area contributed by atoms with E-state index in [1.54, 1.807) is 12.1 Å². The number of fused-ring (bicyclic) bond motifs is 1. The van der Waals surface area contributed by atoms with Gasteiger partial charge >= 0.3 is 0 Å². The normalized spacial score (nSPS) is 12.8. The van der Waals surface area contributed by atoms with E-state index < -0.39 is 0 Å². The van der Waals surface area contributed by atoms with E-state index in [1.807, 2.05) is 18.2 Å². The second kappa shape index (κ2) is 3.27. The first kappa shape index (κ1) is 10.2. The van der Waals surface area contributed by atoms with E-state index >= 15 is 0 Å². The molecule has 2 heteroatoms. The number of hydrogen-bond acceptors (Lipinski definition) is 2. The van der Waals surface area contributed by atoms with Crippen molar-refractivity contribution in [3.8, 4) is 17.2 Å². The molecule has 2 nitrogen and oxygen atoms in total. The van der Waals surface area contributed by atoms with Crippen molar-refractivity contribution in [2.45, 2.75) is 19.3 Å². The van der Waals surface area contributed by atoms with E-state index in [2.05, 4.69) is 26.0 Å². The van der Waals surface area contributed by atoms with Crippen molar-refractivity contribution in [1.29, 1.82) is 0 Å². The van der Waals surface area contributed by atoms with Crippen molar-refractivity contribution < 1.29 is 9.84 Å². The SMILES string of the molecule is CC(C)(c1ccccc1)c1c(O)ccc2c1O2. The zero-order valence-corrected chi connectivity index (χ0v) is 9.90. The summed E-state index contributed by atoms with van der Waals surface area (Å²) in [6, 6.07) is 13.7. The first-order chi connectivity index (χ1) is 8.10. The number of phenols is 1. The predicted molar refractivity (Wildman–Crippen MR) is 66.8 cm³/mol. The van der Waals surface area contributed by atoms with Crippen LogP contribution >= 0.6 is 0 Å². The smallest absolute Gasteiger partial charge is 0.177 e. The third kappa shape index (κ3) is 1.48. The van der Waals surface area contributed by atoms with Crippen LogP contribution in [0.15, 0.2) is 42.5 Å². The molecule has 0 aliphatic carbocycles. The number of aromatic hydroxyl groups is 1. The molecule has 0 bridgehead atoms. The Balaban J connectivity index is 2.16. The van der Waals surface area contributed by atoms with Crippen LogP contribution in [0.5, 0.6) is 17.2 Å². The Morgan fingerprint density at radius 2 is 1.71 bits per heavy atom. The number of ether oxygens (including phenoxy) is 1. The highest BCUT2D eigenvalue weighted by atomic mass is 16.6. The standard InChI is InChI=1S/C15H14O2/c1-15(2,10-6-4-3-5-7-10)13-11(16)8-9-12-14(13)17-12/h3-9,16H,1-2H3. The lowest BCUT2D eigenvalue weighted by Crippen LogP contribution is -2.18. The van der Waals surface area contributed by atoms with Crippen molar-refractivity contribution in [2.75, 3.05) is 0 Å². The van der Waals surface area contributed by atoms with Crippen LogP contribution in [0.25, 0.3) is 0 Å². The fourth-order valence-electron chi connectivity index (χ4n) is 2.33. The molecule has 0 saturated carbocycles. The molecule has 1 N–H and O–H groups in total. The lowest BCUT2D eigenvalue weighted by Gasteiger charge is -2.25. The van der Waals surface area contributed by atoms with Crippen LogP contribution in [-0.4, -0.2) is 5.11 Å². The van der Waals surface area contributed by atoms with E-state index in [0.29, 0.717) is 5.75 Å². The average Bonchev–Trinajstić information content (AvgIpc) is 3.08. The zero-order chi connectivity index (χ0) is 12.0. The largest absolute Gasteiger partial charge is 0.507 e. The first-order valence-electron chi connectivity index (χ1n) is 5.70. The molecule has 3 rings (SSSR count). The summed E-state index contributed by atoms with van der Waals surface area (Å²) < 4.78 is 5.40. The third-order valence-electron chi connectivity index (χ3n) is 3.39. The number of phenolic OH excluding ortho intramolecular Hbond substituents is 1. The Labute approximate surface area is 100 Å². The van der Waals surface area contributed by atoms with Crippen LogP contribution in [0, 0.1) is 0 Å². The van der Waals surface area contributed by atoms with Crippen molar-refractivity contribution in [2.24, 2.45) is 0 Å². The van der Waals surface area contributed by atoms with Gasteiger partial charge in [0.05, 0.1) is 5.56 Å². The van der Waals surface area contributed by atoms with E-state index in [9.17, 15) is 5.11 Å². The molecule has 86 valence electrons. The van der Waals surface area contributed by atoms with Gasteiger partial charge in [0.1, 0.15) is 5.75 Å². The zero-order valence-electron chi connectivity index (χ0n) is 9.90. The van der Waals surface area contributed by atoms with E-state index in [4.69, 9.17) is 4.74 Å². The van der Waals surface area contributed by atoms with E-state index in [-0.39, 0.29) is 5.41 Å². The van der Waals surface area contributed by atoms with E-state index in [1.165, 1.54) is 5.56 Å². The highest BCUT2D eigenvalue weighted by Crippen LogP contribution is 2.56. The molecule has 0 aromatic heterocycles. The predicted octanol–water partition coefficient (Wildman–Crippen LogP) is 3.82. The molecule has 0 fully saturated rings. The highest BCUT2D eigenvalue weighted by molar-refractivity contribution is 5.67. The number of hydrogen-bond donors (Lipinski definition) is 1. The molecule has 17 heavy (non-hydrogen) atoms. The highest BCUT2D eigenvalue weighted by Gasteiger charge is 2.37. The molecule has 0 unspecified atom stereocenters. The molecule has 0 amide bonds. The minimum Gasteiger partial charge on any atom is -0.507 e. The van der Waals surface area contributed by atoms with Gasteiger partial charge in [-0.2, -0.15) is 0 Å². The van der Waals surface area contributed by atoms with Crippen molar-refractivity contribution in [1.82, 2.24) is 0 Å². The van der Waals surface area contributed by atoms with Gasteiger partial charge in [-0.05, 0) is 17.7 Å². The van der Waals surface area contributed by atoms with Crippen LogP contribution in [0.3, 0.4) is 0 Å². The van der Waals surface area contributed by atoms with E-state index in [0.717, 1.165) is 17.1 Å². The third-order valence-corrected chi connectivity index (χ3v) is 3.39. The van der Waals surface area contributed by atoms with Crippen LogP contribution in [0.4, 0.5) is 0 Å². The van der Waals surface area contributed by atoms with Gasteiger partial charge in [-0.3, -0.25) is 0 Å². The minimum absolute atomic E-state index is 0.257. The molecular weight excluding hydrogens is 212 g/mol. The Morgan fingerprint density at radius 3 is 2.41 bits per heavy atom. The van der Waals surface area contributed by atoms with Crippen molar-refractivity contribution in [3.05, 3.63) is 53.6 Å². The number of benzene rings is 2. The fraction of sp³-hybridized carbons (Fsp3) is 0.200. The monoisotopic (exact) mass is 226 g/mol. The lowest BCUT2D eigenvalue weighted by molar-refractivity contribution is 0.451. The maximum Gasteiger partial charge on any atom is 0.177 e. The summed E-state index contributed by atoms with van der Waals surface area (Å²) >= 11 is 0. The molecule has 0 spiro atoms. The summed E-state index contributed by atoms with van der Waals surface area (Å²) in [6.07, 6.45) is 0. The van der Waals surface area contributed by atoms with Crippen LogP contribution in [0.2, 0.25) is 0 Å². The second-order valence-electron chi connectivity index (χ2n) is 4.88. The van der Waals surface area contributed by atoms with Gasteiger partial charge in [0.2, 0.25) is 0 Å². The van der Waals surface area contributed by atoms with Crippen LogP contribution in [-0.2, 0) is 5.41 Å². The summed E-state index contributed by atoms with van der Waals surface area (Å²) in [4.78, 5) is 0. The Hall–Kier alpha value is -1.96. The fourth-order valence-corrected chi connectivity index (χ4v) is 2.33. The van der Waals surface area contributed by atoms with Gasteiger partial charge in [0, 0.05) is 5.41 Å². The molecule has 0 radical (unpaired) electrons. The second-order valence-corrected chi connectivity index (χ2v) is 4.88. The molecule has 0 saturated heterocycles. The summed E-state index contributed by atoms with van der Waals surface area (Å²) in [6.45, 7) is 4.19. The summed E-state index contributed by atoms with van der Waals surface area (Å²) in [7, 11) is 0. The summed E-state index contributed by atoms with van der Waals surface area (Å²) in [5.41, 5.74) is 1.79. The van der Waals surface area contributed by atoms with Gasteiger partial charge in [0.15, 0.2) is 11.5 Å². The van der Waals surface area contributed by atoms with Crippen LogP contribution in [0.1, 0.15) is 25.0 Å². The molecule has 1 heterocycles. The Bertz CT molecular complexity index is 567. The molecule has 0 atom stereocenters. The van der Waals surface area contributed by atoms with Gasteiger partial charge in [-0.1, -0.05) is 44.2 Å². The minimum atomic E-state index is -0.257. The molecule has 1 aliphatic heterocycles. The van der Waals surface area contributed by atoms with Gasteiger partial charge in [0.25, 0.3) is 0 Å². The number of rotatable bonds is 2. The van der Waals surface area contributed by atoms with Crippen molar-refractivity contribution >= 4 is 0 Å². The topological polar surface area (TPSA) is 32.8 Å². The lowest BCUT2D eigenvalue weighted by atomic mass is 9.77. The Morgan fingerprint density at radius 1 is 1.00 bits per heavy atom. The maximum atomic E-state index is 10.0. The quantitative estimate of drug-likeness (QED) is 0.674. The summed E-state index contributed by atoms with van der Waals surface area (Å²) in [5, 5.41) is 10.0. The molecule has 2 aromatic carbocycles. The van der Waals surface area contributed by atoms with Crippen molar-refractivity contribution in [3.63, 3.8) is 0 Å².